The smallest absolute Gasteiger partial charge is 0.179 e. The van der Waals surface area contributed by atoms with Crippen LogP contribution in [0.4, 0.5) is 0 Å². The largest absolute Gasteiger partial charge is 0.224 e. The average Bonchev–Trinajstić information content (AvgIpc) is 2.36. The van der Waals surface area contributed by atoms with Crippen LogP contribution in [0, 0.1) is 5.41 Å². The topological polar surface area (TPSA) is 34.1 Å². The zero-order chi connectivity index (χ0) is 13.8. The lowest BCUT2D eigenvalue weighted by atomic mass is 9.87. The average molecular weight is 354 g/mol. The van der Waals surface area contributed by atoms with E-state index in [9.17, 15) is 8.42 Å². The number of hydrogen-bond donors (Lipinski definition) is 0. The molecule has 2 nitrogen and oxygen atoms in total. The number of halogens is 2. The molecule has 0 aliphatic carbocycles. The summed E-state index contributed by atoms with van der Waals surface area (Å²) in [5, 5.41) is 1.14. The molecule has 1 aromatic rings. The van der Waals surface area contributed by atoms with Crippen molar-refractivity contribution in [1.29, 1.82) is 0 Å². The second-order valence-electron chi connectivity index (χ2n) is 4.56. The van der Waals surface area contributed by atoms with Gasteiger partial charge in [0, 0.05) is 10.4 Å². The van der Waals surface area contributed by atoms with E-state index >= 15 is 0 Å². The number of rotatable bonds is 6. The molecule has 0 heterocycles. The van der Waals surface area contributed by atoms with Crippen LogP contribution < -0.4 is 0 Å². The highest BCUT2D eigenvalue weighted by atomic mass is 79.9. The van der Waals surface area contributed by atoms with Gasteiger partial charge in [0.1, 0.15) is 0 Å². The van der Waals surface area contributed by atoms with E-state index in [1.54, 1.807) is 18.2 Å². The van der Waals surface area contributed by atoms with Crippen molar-refractivity contribution in [2.75, 3.05) is 11.1 Å². The lowest BCUT2D eigenvalue weighted by Gasteiger charge is -2.29. The first-order valence-electron chi connectivity index (χ1n) is 5.93. The molecule has 0 N–H and O–H groups in total. The molecule has 18 heavy (non-hydrogen) atoms. The minimum atomic E-state index is -3.29. The van der Waals surface area contributed by atoms with E-state index in [0.29, 0.717) is 15.2 Å². The van der Waals surface area contributed by atoms with Gasteiger partial charge in [-0.3, -0.25) is 0 Å². The third kappa shape index (κ3) is 3.72. The fraction of sp³-hybridized carbons (Fsp3) is 0.538. The Morgan fingerprint density at radius 3 is 2.33 bits per heavy atom. The molecule has 1 aromatic carbocycles. The lowest BCUT2D eigenvalue weighted by Crippen LogP contribution is -2.30. The molecular weight excluding hydrogens is 336 g/mol. The van der Waals surface area contributed by atoms with Gasteiger partial charge in [-0.2, -0.15) is 0 Å². The third-order valence-corrected chi connectivity index (χ3v) is 6.82. The Morgan fingerprint density at radius 1 is 1.28 bits per heavy atom. The van der Waals surface area contributed by atoms with Gasteiger partial charge in [0.15, 0.2) is 9.84 Å². The second kappa shape index (κ2) is 6.40. The number of sulfone groups is 1. The summed E-state index contributed by atoms with van der Waals surface area (Å²) in [5.74, 6) is 0.151. The molecule has 0 aliphatic rings. The third-order valence-electron chi connectivity index (χ3n) is 3.43. The molecule has 0 fully saturated rings. The van der Waals surface area contributed by atoms with Gasteiger partial charge >= 0.3 is 0 Å². The van der Waals surface area contributed by atoms with Gasteiger partial charge in [-0.25, -0.2) is 8.42 Å². The highest BCUT2D eigenvalue weighted by Gasteiger charge is 2.32. The Balaban J connectivity index is 3.08. The summed E-state index contributed by atoms with van der Waals surface area (Å²) in [6.45, 7) is 4.05. The fourth-order valence-electron chi connectivity index (χ4n) is 1.83. The maximum Gasteiger partial charge on any atom is 0.179 e. The molecule has 102 valence electrons. The molecule has 0 bridgehead atoms. The highest BCUT2D eigenvalue weighted by Crippen LogP contribution is 2.33. The van der Waals surface area contributed by atoms with Gasteiger partial charge in [0.2, 0.25) is 0 Å². The van der Waals surface area contributed by atoms with Crippen LogP contribution in [0.1, 0.15) is 26.7 Å². The monoisotopic (exact) mass is 352 g/mol. The van der Waals surface area contributed by atoms with Crippen molar-refractivity contribution < 1.29 is 8.42 Å². The van der Waals surface area contributed by atoms with Crippen molar-refractivity contribution in [2.24, 2.45) is 5.41 Å². The van der Waals surface area contributed by atoms with Crippen molar-refractivity contribution in [2.45, 2.75) is 31.6 Å². The van der Waals surface area contributed by atoms with Crippen LogP contribution in [0.25, 0.3) is 0 Å². The normalized spacial score (nSPS) is 12.7. The number of benzene rings is 1. The molecule has 0 aromatic heterocycles. The predicted molar refractivity (Wildman–Crippen MR) is 80.3 cm³/mol. The number of hydrogen-bond acceptors (Lipinski definition) is 2. The van der Waals surface area contributed by atoms with Crippen molar-refractivity contribution in [3.05, 3.63) is 29.3 Å². The van der Waals surface area contributed by atoms with Crippen molar-refractivity contribution in [3.8, 4) is 0 Å². The van der Waals surface area contributed by atoms with Crippen molar-refractivity contribution in [1.82, 2.24) is 0 Å². The molecule has 0 saturated heterocycles. The quantitative estimate of drug-likeness (QED) is 0.714. The van der Waals surface area contributed by atoms with E-state index in [-0.39, 0.29) is 11.2 Å². The van der Waals surface area contributed by atoms with E-state index < -0.39 is 9.84 Å². The van der Waals surface area contributed by atoms with Crippen molar-refractivity contribution >= 4 is 37.4 Å². The van der Waals surface area contributed by atoms with E-state index in [0.717, 1.165) is 12.8 Å². The first kappa shape index (κ1) is 16.0. The van der Waals surface area contributed by atoms with E-state index in [1.165, 1.54) is 6.07 Å². The molecule has 1 rings (SSSR count). The Hall–Kier alpha value is -0.0600. The van der Waals surface area contributed by atoms with Crippen LogP contribution in [-0.4, -0.2) is 19.5 Å². The standard InChI is InChI=1S/C13H18BrClO2S/c1-3-13(4-2,9-14)10-18(16,17)12-7-5-6-11(15)8-12/h5-8H,3-4,9-10H2,1-2H3. The first-order chi connectivity index (χ1) is 8.39. The van der Waals surface area contributed by atoms with Crippen LogP contribution in [0.15, 0.2) is 29.2 Å². The van der Waals surface area contributed by atoms with E-state index in [2.05, 4.69) is 15.9 Å². The predicted octanol–water partition coefficient (Wildman–Crippen LogP) is 4.32. The van der Waals surface area contributed by atoms with E-state index in [4.69, 9.17) is 11.6 Å². The van der Waals surface area contributed by atoms with Crippen LogP contribution in [-0.2, 0) is 9.84 Å². The van der Waals surface area contributed by atoms with Gasteiger partial charge in [0.25, 0.3) is 0 Å². The maximum atomic E-state index is 12.4. The molecular formula is C13H18BrClO2S. The van der Waals surface area contributed by atoms with Crippen LogP contribution in [0.3, 0.4) is 0 Å². The summed E-state index contributed by atoms with van der Waals surface area (Å²) in [4.78, 5) is 0.308. The van der Waals surface area contributed by atoms with E-state index in [1.807, 2.05) is 13.8 Å². The summed E-state index contributed by atoms with van der Waals surface area (Å²) in [6.07, 6.45) is 1.66. The molecule has 0 aliphatic heterocycles. The minimum absolute atomic E-state index is 0.151. The highest BCUT2D eigenvalue weighted by molar-refractivity contribution is 9.09. The van der Waals surface area contributed by atoms with Gasteiger partial charge in [-0.15, -0.1) is 0 Å². The second-order valence-corrected chi connectivity index (χ2v) is 7.54. The molecule has 0 radical (unpaired) electrons. The molecule has 0 spiro atoms. The summed E-state index contributed by atoms with van der Waals surface area (Å²) in [6, 6.07) is 6.47. The Labute approximate surface area is 123 Å². The van der Waals surface area contributed by atoms with Crippen LogP contribution in [0.5, 0.6) is 0 Å². The Kier molecular flexibility index (Phi) is 5.68. The summed E-state index contributed by atoms with van der Waals surface area (Å²) in [5.41, 5.74) is -0.207. The number of alkyl halides is 1. The molecule has 0 atom stereocenters. The Morgan fingerprint density at radius 2 is 1.89 bits per heavy atom. The van der Waals surface area contributed by atoms with Gasteiger partial charge in [-0.05, 0) is 36.5 Å². The summed E-state index contributed by atoms with van der Waals surface area (Å²) < 4.78 is 24.8. The SMILES string of the molecule is CCC(CC)(CBr)CS(=O)(=O)c1cccc(Cl)c1. The van der Waals surface area contributed by atoms with Crippen molar-refractivity contribution in [3.63, 3.8) is 0 Å². The lowest BCUT2D eigenvalue weighted by molar-refractivity contribution is 0.351. The molecule has 0 saturated carbocycles. The summed E-state index contributed by atoms with van der Waals surface area (Å²) in [7, 11) is -3.29. The Bertz CT molecular complexity index is 487. The van der Waals surface area contributed by atoms with Gasteiger partial charge in [0.05, 0.1) is 10.6 Å². The van der Waals surface area contributed by atoms with Gasteiger partial charge in [-0.1, -0.05) is 47.4 Å². The minimum Gasteiger partial charge on any atom is -0.224 e. The van der Waals surface area contributed by atoms with Gasteiger partial charge < -0.3 is 0 Å². The zero-order valence-electron chi connectivity index (χ0n) is 10.6. The zero-order valence-corrected chi connectivity index (χ0v) is 13.8. The first-order valence-corrected chi connectivity index (χ1v) is 9.08. The van der Waals surface area contributed by atoms with Crippen LogP contribution in [0.2, 0.25) is 5.02 Å². The molecule has 0 unspecified atom stereocenters. The maximum absolute atomic E-state index is 12.4. The summed E-state index contributed by atoms with van der Waals surface area (Å²) >= 11 is 9.29. The molecule has 0 amide bonds. The van der Waals surface area contributed by atoms with Crippen LogP contribution >= 0.6 is 27.5 Å². The fourth-order valence-corrected chi connectivity index (χ4v) is 5.41. The molecule has 5 heteroatoms.